The van der Waals surface area contributed by atoms with Crippen molar-refractivity contribution in [2.24, 2.45) is 0 Å². The summed E-state index contributed by atoms with van der Waals surface area (Å²) < 4.78 is 0. The fourth-order valence-corrected chi connectivity index (χ4v) is 7.41. The average Bonchev–Trinajstić information content (AvgIpc) is 3.13. The van der Waals surface area contributed by atoms with Crippen LogP contribution in [-0.4, -0.2) is 57.3 Å². The molecular formula is C45H91NO5. The Balaban J connectivity index is 3.66. The molecule has 6 heteroatoms. The Morgan fingerprint density at radius 3 is 0.941 bits per heavy atom. The Hall–Kier alpha value is -0.690. The fourth-order valence-electron chi connectivity index (χ4n) is 7.41. The van der Waals surface area contributed by atoms with Crippen LogP contribution in [0.15, 0.2) is 0 Å². The molecular weight excluding hydrogens is 634 g/mol. The zero-order chi connectivity index (χ0) is 37.5. The van der Waals surface area contributed by atoms with Crippen LogP contribution >= 0.6 is 0 Å². The van der Waals surface area contributed by atoms with Gasteiger partial charge in [-0.1, -0.05) is 239 Å². The summed E-state index contributed by atoms with van der Waals surface area (Å²) >= 11 is 0. The SMILES string of the molecule is CCCCCCCCCCCCCCCCCCCCCCCC(O)C(O)C(CO)NC(=O)C(O)CCCCCCCCCCCCCCCC. The van der Waals surface area contributed by atoms with Crippen molar-refractivity contribution in [2.75, 3.05) is 6.61 Å². The van der Waals surface area contributed by atoms with Crippen LogP contribution in [0.5, 0.6) is 0 Å². The number of nitrogens with one attached hydrogen (secondary N) is 1. The normalized spacial score (nSPS) is 14.1. The van der Waals surface area contributed by atoms with Gasteiger partial charge in [-0.25, -0.2) is 0 Å². The van der Waals surface area contributed by atoms with Crippen LogP contribution in [0.4, 0.5) is 0 Å². The fraction of sp³-hybridized carbons (Fsp3) is 0.978. The highest BCUT2D eigenvalue weighted by Crippen LogP contribution is 2.17. The summed E-state index contributed by atoms with van der Waals surface area (Å²) in [6.45, 7) is 4.07. The highest BCUT2D eigenvalue weighted by atomic mass is 16.3. The third kappa shape index (κ3) is 34.8. The molecule has 0 aromatic carbocycles. The largest absolute Gasteiger partial charge is 0.394 e. The van der Waals surface area contributed by atoms with Crippen molar-refractivity contribution in [3.05, 3.63) is 0 Å². The van der Waals surface area contributed by atoms with E-state index in [1.807, 2.05) is 0 Å². The molecule has 0 spiro atoms. The molecule has 0 rings (SSSR count). The standard InChI is InChI=1S/C45H91NO5/c1-3-5-7-9-11-13-15-17-19-20-21-22-23-24-25-27-28-30-32-34-36-38-42(48)44(50)41(40-47)46-45(51)43(49)39-37-35-33-31-29-26-18-16-14-12-10-8-6-4-2/h41-44,47-50H,3-40H2,1-2H3,(H,46,51). The van der Waals surface area contributed by atoms with Gasteiger partial charge in [0.2, 0.25) is 5.91 Å². The van der Waals surface area contributed by atoms with Gasteiger partial charge in [0.1, 0.15) is 12.2 Å². The van der Waals surface area contributed by atoms with Crippen molar-refractivity contribution in [1.82, 2.24) is 5.32 Å². The summed E-state index contributed by atoms with van der Waals surface area (Å²) in [5, 5.41) is 43.7. The third-order valence-electron chi connectivity index (χ3n) is 11.1. The van der Waals surface area contributed by atoms with Crippen molar-refractivity contribution in [2.45, 2.75) is 276 Å². The highest BCUT2D eigenvalue weighted by molar-refractivity contribution is 5.80. The van der Waals surface area contributed by atoms with Gasteiger partial charge < -0.3 is 25.7 Å². The Bertz CT molecular complexity index is 692. The number of unbranched alkanes of at least 4 members (excludes halogenated alkanes) is 33. The van der Waals surface area contributed by atoms with Gasteiger partial charge in [-0.05, 0) is 12.8 Å². The first-order valence-electron chi connectivity index (χ1n) is 22.9. The molecule has 0 aromatic rings. The molecule has 0 aliphatic rings. The summed E-state index contributed by atoms with van der Waals surface area (Å²) in [4.78, 5) is 12.5. The van der Waals surface area contributed by atoms with Crippen LogP contribution in [0, 0.1) is 0 Å². The van der Waals surface area contributed by atoms with Crippen LogP contribution in [0.25, 0.3) is 0 Å². The van der Waals surface area contributed by atoms with E-state index in [4.69, 9.17) is 0 Å². The van der Waals surface area contributed by atoms with E-state index in [-0.39, 0.29) is 0 Å². The predicted molar refractivity (Wildman–Crippen MR) is 219 cm³/mol. The lowest BCUT2D eigenvalue weighted by Gasteiger charge is -2.27. The molecule has 0 aliphatic heterocycles. The Kier molecular flexibility index (Phi) is 39.9. The van der Waals surface area contributed by atoms with Gasteiger partial charge in [-0.15, -0.1) is 0 Å². The molecule has 4 atom stereocenters. The molecule has 4 unspecified atom stereocenters. The Labute approximate surface area is 318 Å². The van der Waals surface area contributed by atoms with Gasteiger partial charge in [0.25, 0.3) is 0 Å². The zero-order valence-corrected chi connectivity index (χ0v) is 34.4. The maximum atomic E-state index is 12.5. The topological polar surface area (TPSA) is 110 Å². The van der Waals surface area contributed by atoms with E-state index in [0.29, 0.717) is 12.8 Å². The van der Waals surface area contributed by atoms with Gasteiger partial charge in [0.05, 0.1) is 18.8 Å². The van der Waals surface area contributed by atoms with Crippen LogP contribution in [0.1, 0.15) is 251 Å². The van der Waals surface area contributed by atoms with Crippen molar-refractivity contribution < 1.29 is 25.2 Å². The number of carbonyl (C=O) groups excluding carboxylic acids is 1. The van der Waals surface area contributed by atoms with E-state index < -0.39 is 36.9 Å². The second-order valence-electron chi connectivity index (χ2n) is 16.1. The summed E-state index contributed by atoms with van der Waals surface area (Å²) in [5.74, 6) is -0.580. The van der Waals surface area contributed by atoms with Crippen LogP contribution < -0.4 is 5.32 Å². The van der Waals surface area contributed by atoms with E-state index in [1.165, 1.54) is 186 Å². The van der Waals surface area contributed by atoms with Crippen molar-refractivity contribution in [3.63, 3.8) is 0 Å². The number of aliphatic hydroxyl groups is 4. The van der Waals surface area contributed by atoms with Crippen molar-refractivity contribution in [3.8, 4) is 0 Å². The third-order valence-corrected chi connectivity index (χ3v) is 11.1. The van der Waals surface area contributed by atoms with Crippen LogP contribution in [0.2, 0.25) is 0 Å². The Morgan fingerprint density at radius 2 is 0.667 bits per heavy atom. The molecule has 0 saturated carbocycles. The number of rotatable bonds is 42. The quantitative estimate of drug-likeness (QED) is 0.0402. The van der Waals surface area contributed by atoms with E-state index in [2.05, 4.69) is 19.2 Å². The predicted octanol–water partition coefficient (Wildman–Crippen LogP) is 12.0. The summed E-state index contributed by atoms with van der Waals surface area (Å²) in [6.07, 6.45) is 42.8. The number of hydrogen-bond donors (Lipinski definition) is 5. The molecule has 5 N–H and O–H groups in total. The lowest BCUT2D eigenvalue weighted by atomic mass is 9.99. The molecule has 0 saturated heterocycles. The summed E-state index contributed by atoms with van der Waals surface area (Å²) in [5.41, 5.74) is 0. The van der Waals surface area contributed by atoms with E-state index in [1.54, 1.807) is 0 Å². The molecule has 0 aliphatic carbocycles. The monoisotopic (exact) mass is 726 g/mol. The average molecular weight is 726 g/mol. The highest BCUT2D eigenvalue weighted by Gasteiger charge is 2.28. The van der Waals surface area contributed by atoms with Gasteiger partial charge in [-0.2, -0.15) is 0 Å². The number of amides is 1. The first kappa shape index (κ1) is 50.3. The molecule has 0 radical (unpaired) electrons. The molecule has 306 valence electrons. The van der Waals surface area contributed by atoms with Crippen LogP contribution in [0.3, 0.4) is 0 Å². The van der Waals surface area contributed by atoms with Gasteiger partial charge in [0, 0.05) is 0 Å². The molecule has 51 heavy (non-hydrogen) atoms. The lowest BCUT2D eigenvalue weighted by Crippen LogP contribution is -2.53. The molecule has 1 amide bonds. The second-order valence-corrected chi connectivity index (χ2v) is 16.1. The number of carbonyl (C=O) groups is 1. The summed E-state index contributed by atoms with van der Waals surface area (Å²) in [6, 6.07) is -0.978. The van der Waals surface area contributed by atoms with Crippen molar-refractivity contribution in [1.29, 1.82) is 0 Å². The van der Waals surface area contributed by atoms with Gasteiger partial charge in [0.15, 0.2) is 0 Å². The van der Waals surface area contributed by atoms with Gasteiger partial charge >= 0.3 is 0 Å². The van der Waals surface area contributed by atoms with E-state index in [0.717, 1.165) is 38.5 Å². The molecule has 0 heterocycles. The molecule has 0 fully saturated rings. The summed E-state index contributed by atoms with van der Waals surface area (Å²) in [7, 11) is 0. The van der Waals surface area contributed by atoms with E-state index >= 15 is 0 Å². The minimum absolute atomic E-state index is 0.375. The number of aliphatic hydroxyl groups excluding tert-OH is 4. The first-order valence-corrected chi connectivity index (χ1v) is 22.9. The van der Waals surface area contributed by atoms with Crippen molar-refractivity contribution >= 4 is 5.91 Å². The second kappa shape index (κ2) is 40.5. The first-order chi connectivity index (χ1) is 25.0. The smallest absolute Gasteiger partial charge is 0.249 e. The molecule has 0 bridgehead atoms. The zero-order valence-electron chi connectivity index (χ0n) is 34.4. The maximum Gasteiger partial charge on any atom is 0.249 e. The Morgan fingerprint density at radius 1 is 0.412 bits per heavy atom. The minimum atomic E-state index is -1.25. The van der Waals surface area contributed by atoms with E-state index in [9.17, 15) is 25.2 Å². The molecule has 0 aromatic heterocycles. The van der Waals surface area contributed by atoms with Crippen LogP contribution in [-0.2, 0) is 4.79 Å². The number of hydrogen-bond acceptors (Lipinski definition) is 5. The maximum absolute atomic E-state index is 12.5. The minimum Gasteiger partial charge on any atom is -0.394 e. The lowest BCUT2D eigenvalue weighted by molar-refractivity contribution is -0.132. The van der Waals surface area contributed by atoms with Gasteiger partial charge in [-0.3, -0.25) is 4.79 Å². The molecule has 6 nitrogen and oxygen atoms in total.